The van der Waals surface area contributed by atoms with E-state index in [9.17, 15) is 9.59 Å². The second-order valence-corrected chi connectivity index (χ2v) is 5.04. The molecule has 2 aromatic rings. The summed E-state index contributed by atoms with van der Waals surface area (Å²) in [7, 11) is 1.69. The molecule has 2 rings (SSSR count). The summed E-state index contributed by atoms with van der Waals surface area (Å²) in [6, 6.07) is 7.65. The Bertz CT molecular complexity index is 717. The molecule has 1 aromatic heterocycles. The number of benzene rings is 1. The summed E-state index contributed by atoms with van der Waals surface area (Å²) in [5.74, 6) is -0.436. The molecule has 23 heavy (non-hydrogen) atoms. The van der Waals surface area contributed by atoms with E-state index in [1.807, 2.05) is 31.2 Å². The molecule has 0 atom stereocenters. The van der Waals surface area contributed by atoms with Crippen LogP contribution in [0.5, 0.6) is 0 Å². The maximum Gasteiger partial charge on any atom is 0.268 e. The van der Waals surface area contributed by atoms with Crippen LogP contribution < -0.4 is 16.0 Å². The molecule has 3 N–H and O–H groups in total. The number of nitrogens with zero attached hydrogens (tertiary/aromatic N) is 3. The van der Waals surface area contributed by atoms with E-state index in [1.54, 1.807) is 11.9 Å². The van der Waals surface area contributed by atoms with Gasteiger partial charge in [0.15, 0.2) is 0 Å². The highest BCUT2D eigenvalue weighted by atomic mass is 16.2. The third-order valence-corrected chi connectivity index (χ3v) is 3.32. The highest BCUT2D eigenvalue weighted by Gasteiger charge is 2.12. The second kappa shape index (κ2) is 7.35. The largest absolute Gasteiger partial charge is 0.364 e. The van der Waals surface area contributed by atoms with E-state index in [-0.39, 0.29) is 18.1 Å². The average molecular weight is 313 g/mol. The van der Waals surface area contributed by atoms with Crippen LogP contribution in [0.15, 0.2) is 36.7 Å². The molecule has 0 saturated heterocycles. The molecular weight excluding hydrogens is 294 g/mol. The van der Waals surface area contributed by atoms with Gasteiger partial charge in [-0.25, -0.2) is 4.98 Å². The van der Waals surface area contributed by atoms with Crippen LogP contribution in [0.1, 0.15) is 23.0 Å². The van der Waals surface area contributed by atoms with Crippen molar-refractivity contribution < 1.29 is 9.59 Å². The Labute approximate surface area is 134 Å². The maximum atomic E-state index is 12.2. The third-order valence-electron chi connectivity index (χ3n) is 3.32. The van der Waals surface area contributed by atoms with Gasteiger partial charge in [0.05, 0.1) is 18.9 Å². The van der Waals surface area contributed by atoms with Crippen LogP contribution in [0.2, 0.25) is 0 Å². The van der Waals surface area contributed by atoms with E-state index in [4.69, 9.17) is 5.73 Å². The van der Waals surface area contributed by atoms with Crippen molar-refractivity contribution in [2.75, 3.05) is 23.8 Å². The number of para-hydroxylation sites is 1. The lowest BCUT2D eigenvalue weighted by molar-refractivity contribution is -0.114. The quantitative estimate of drug-likeness (QED) is 0.835. The Morgan fingerprint density at radius 3 is 2.70 bits per heavy atom. The van der Waals surface area contributed by atoms with Gasteiger partial charge in [-0.1, -0.05) is 25.1 Å². The molecule has 7 nitrogen and oxygen atoms in total. The van der Waals surface area contributed by atoms with Crippen LogP contribution >= 0.6 is 0 Å². The lowest BCUT2D eigenvalue weighted by Gasteiger charge is -2.18. The van der Waals surface area contributed by atoms with E-state index in [0.29, 0.717) is 5.82 Å². The number of nitrogens with one attached hydrogen (secondary N) is 1. The first-order valence-electron chi connectivity index (χ1n) is 7.22. The number of carbonyl (C=O) groups excluding carboxylic acids is 2. The van der Waals surface area contributed by atoms with Gasteiger partial charge < -0.3 is 16.0 Å². The molecule has 7 heteroatoms. The molecule has 1 heterocycles. The van der Waals surface area contributed by atoms with Gasteiger partial charge in [-0.05, 0) is 18.1 Å². The van der Waals surface area contributed by atoms with Crippen LogP contribution in [-0.2, 0) is 11.2 Å². The molecule has 0 bridgehead atoms. The standard InChI is InChI=1S/C16H19N5O2/c1-3-11-6-4-5-7-12(11)20-15(22)10-21(2)14-9-18-8-13(19-14)16(17)23/h4-9H,3,10H2,1-2H3,(H2,17,23)(H,20,22). The summed E-state index contributed by atoms with van der Waals surface area (Å²) in [4.78, 5) is 32.9. The van der Waals surface area contributed by atoms with Crippen molar-refractivity contribution in [2.45, 2.75) is 13.3 Å². The van der Waals surface area contributed by atoms with Crippen molar-refractivity contribution in [3.8, 4) is 0 Å². The van der Waals surface area contributed by atoms with Crippen molar-refractivity contribution in [1.29, 1.82) is 0 Å². The molecule has 0 aliphatic carbocycles. The fraction of sp³-hybridized carbons (Fsp3) is 0.250. The topological polar surface area (TPSA) is 101 Å². The van der Waals surface area contributed by atoms with Crippen molar-refractivity contribution >= 4 is 23.3 Å². The summed E-state index contributed by atoms with van der Waals surface area (Å²) in [5, 5.41) is 2.88. The predicted molar refractivity (Wildman–Crippen MR) is 88.3 cm³/mol. The summed E-state index contributed by atoms with van der Waals surface area (Å²) in [5.41, 5.74) is 7.11. The number of hydrogen-bond acceptors (Lipinski definition) is 5. The van der Waals surface area contributed by atoms with E-state index in [2.05, 4.69) is 15.3 Å². The minimum atomic E-state index is -0.658. The fourth-order valence-electron chi connectivity index (χ4n) is 2.10. The SMILES string of the molecule is CCc1ccccc1NC(=O)CN(C)c1cncc(C(N)=O)n1. The maximum absolute atomic E-state index is 12.2. The van der Waals surface area contributed by atoms with Crippen molar-refractivity contribution in [2.24, 2.45) is 5.73 Å². The Morgan fingerprint density at radius 2 is 2.00 bits per heavy atom. The van der Waals surface area contributed by atoms with Crippen LogP contribution in [0, 0.1) is 0 Å². The first kappa shape index (κ1) is 16.4. The van der Waals surface area contributed by atoms with Gasteiger partial charge in [-0.3, -0.25) is 14.6 Å². The molecule has 2 amide bonds. The lowest BCUT2D eigenvalue weighted by atomic mass is 10.1. The number of anilines is 2. The molecule has 0 saturated carbocycles. The van der Waals surface area contributed by atoms with Crippen molar-refractivity contribution in [1.82, 2.24) is 9.97 Å². The zero-order valence-electron chi connectivity index (χ0n) is 13.1. The molecule has 0 aliphatic rings. The molecule has 0 radical (unpaired) electrons. The number of aromatic nitrogens is 2. The highest BCUT2D eigenvalue weighted by molar-refractivity contribution is 5.94. The van der Waals surface area contributed by atoms with E-state index >= 15 is 0 Å². The van der Waals surface area contributed by atoms with Crippen LogP contribution in [0.3, 0.4) is 0 Å². The molecule has 0 fully saturated rings. The number of hydrogen-bond donors (Lipinski definition) is 2. The fourth-order valence-corrected chi connectivity index (χ4v) is 2.10. The number of amides is 2. The lowest BCUT2D eigenvalue weighted by Crippen LogP contribution is -2.31. The first-order chi connectivity index (χ1) is 11.0. The predicted octanol–water partition coefficient (Wildman–Crippen LogP) is 1.21. The van der Waals surface area contributed by atoms with Gasteiger partial charge >= 0.3 is 0 Å². The van der Waals surface area contributed by atoms with E-state index in [0.717, 1.165) is 17.7 Å². The average Bonchev–Trinajstić information content (AvgIpc) is 2.55. The van der Waals surface area contributed by atoms with E-state index < -0.39 is 5.91 Å². The zero-order chi connectivity index (χ0) is 16.8. The van der Waals surface area contributed by atoms with Crippen LogP contribution in [-0.4, -0.2) is 35.4 Å². The third kappa shape index (κ3) is 4.26. The number of aryl methyl sites for hydroxylation is 1. The monoisotopic (exact) mass is 313 g/mol. The van der Waals surface area contributed by atoms with Gasteiger partial charge in [0.25, 0.3) is 5.91 Å². The number of rotatable bonds is 6. The Kier molecular flexibility index (Phi) is 5.24. The van der Waals surface area contributed by atoms with Gasteiger partial charge in [0.1, 0.15) is 11.5 Å². The van der Waals surface area contributed by atoms with E-state index in [1.165, 1.54) is 12.4 Å². The molecule has 0 spiro atoms. The smallest absolute Gasteiger partial charge is 0.268 e. The minimum Gasteiger partial charge on any atom is -0.364 e. The highest BCUT2D eigenvalue weighted by Crippen LogP contribution is 2.15. The summed E-state index contributed by atoms with van der Waals surface area (Å²) >= 11 is 0. The van der Waals surface area contributed by atoms with Crippen molar-refractivity contribution in [3.05, 3.63) is 47.9 Å². The van der Waals surface area contributed by atoms with Gasteiger partial charge in [-0.2, -0.15) is 0 Å². The molecular formula is C16H19N5O2. The summed E-state index contributed by atoms with van der Waals surface area (Å²) in [6.07, 6.45) is 3.59. The number of likely N-dealkylation sites (N-methyl/N-ethyl adjacent to an activating group) is 1. The molecule has 120 valence electrons. The normalized spacial score (nSPS) is 10.2. The van der Waals surface area contributed by atoms with Crippen molar-refractivity contribution in [3.63, 3.8) is 0 Å². The Balaban J connectivity index is 2.05. The second-order valence-electron chi connectivity index (χ2n) is 5.04. The molecule has 0 unspecified atom stereocenters. The Hall–Kier alpha value is -2.96. The van der Waals surface area contributed by atoms with Gasteiger partial charge in [-0.15, -0.1) is 0 Å². The zero-order valence-corrected chi connectivity index (χ0v) is 13.1. The summed E-state index contributed by atoms with van der Waals surface area (Å²) in [6.45, 7) is 2.11. The summed E-state index contributed by atoms with van der Waals surface area (Å²) < 4.78 is 0. The number of primary amides is 1. The molecule has 1 aromatic carbocycles. The first-order valence-corrected chi connectivity index (χ1v) is 7.22. The minimum absolute atomic E-state index is 0.0612. The van der Waals surface area contributed by atoms with Gasteiger partial charge in [0, 0.05) is 12.7 Å². The van der Waals surface area contributed by atoms with Crippen LogP contribution in [0.25, 0.3) is 0 Å². The number of carbonyl (C=O) groups is 2. The van der Waals surface area contributed by atoms with Crippen LogP contribution in [0.4, 0.5) is 11.5 Å². The Morgan fingerprint density at radius 1 is 1.26 bits per heavy atom. The van der Waals surface area contributed by atoms with Gasteiger partial charge in [0.2, 0.25) is 5.91 Å². The molecule has 0 aliphatic heterocycles. The number of nitrogens with two attached hydrogens (primary N) is 1.